The van der Waals surface area contributed by atoms with Gasteiger partial charge in [0.15, 0.2) is 0 Å². The number of nitrogens with zero attached hydrogens (tertiary/aromatic N) is 5. The number of hydrogen-bond acceptors (Lipinski definition) is 4. The van der Waals surface area contributed by atoms with Gasteiger partial charge in [0.2, 0.25) is 0 Å². The highest BCUT2D eigenvalue weighted by molar-refractivity contribution is 5.95. The lowest BCUT2D eigenvalue weighted by molar-refractivity contribution is 0.0661. The van der Waals surface area contributed by atoms with Crippen molar-refractivity contribution < 1.29 is 9.59 Å². The molecule has 2 aromatic heterocycles. The quantitative estimate of drug-likeness (QED) is 0.831. The molecule has 2 aromatic rings. The van der Waals surface area contributed by atoms with Crippen LogP contribution in [0.15, 0.2) is 18.3 Å². The normalized spacial score (nSPS) is 19.8. The van der Waals surface area contributed by atoms with E-state index in [0.29, 0.717) is 18.2 Å². The Kier molecular flexibility index (Phi) is 5.45. The van der Waals surface area contributed by atoms with Crippen LogP contribution in [0.5, 0.6) is 0 Å². The van der Waals surface area contributed by atoms with Gasteiger partial charge in [0.25, 0.3) is 11.8 Å². The van der Waals surface area contributed by atoms with E-state index in [1.165, 1.54) is 0 Å². The molecule has 0 radical (unpaired) electrons. The number of carbonyl (C=O) groups excluding carboxylic acids is 2. The van der Waals surface area contributed by atoms with Crippen LogP contribution >= 0.6 is 0 Å². The molecule has 1 fully saturated rings. The first-order valence-corrected chi connectivity index (χ1v) is 10.4. The highest BCUT2D eigenvalue weighted by Gasteiger charge is 2.29. The van der Waals surface area contributed by atoms with E-state index in [2.05, 4.69) is 22.4 Å². The summed E-state index contributed by atoms with van der Waals surface area (Å²) in [6, 6.07) is 3.80. The van der Waals surface area contributed by atoms with Crippen molar-refractivity contribution in [3.63, 3.8) is 0 Å². The van der Waals surface area contributed by atoms with E-state index >= 15 is 0 Å². The van der Waals surface area contributed by atoms with Crippen LogP contribution in [-0.4, -0.2) is 75.7 Å². The molecule has 2 aliphatic heterocycles. The standard InChI is InChI=1S/C21H30N6O2/c1-15-4-5-18(25(15)3)20(28)22-13-16-6-7-27-19(12-16)17(14-23-27)21(29)26-10-8-24(2)9-11-26/h4-5,14,16H,6-13H2,1-3H3,(H,22,28). The average Bonchev–Trinajstić information content (AvgIpc) is 3.29. The minimum absolute atomic E-state index is 0.0478. The number of piperazine rings is 1. The van der Waals surface area contributed by atoms with Crippen molar-refractivity contribution in [2.45, 2.75) is 26.3 Å². The number of fused-ring (bicyclic) bond motifs is 1. The Morgan fingerprint density at radius 1 is 1.14 bits per heavy atom. The molecule has 156 valence electrons. The Bertz CT molecular complexity index is 906. The van der Waals surface area contributed by atoms with Crippen LogP contribution in [0, 0.1) is 12.8 Å². The van der Waals surface area contributed by atoms with Gasteiger partial charge in [-0.05, 0) is 44.9 Å². The third-order valence-corrected chi connectivity index (χ3v) is 6.36. The molecule has 0 bridgehead atoms. The Morgan fingerprint density at radius 2 is 1.90 bits per heavy atom. The van der Waals surface area contributed by atoms with E-state index in [4.69, 9.17) is 0 Å². The molecule has 8 heteroatoms. The summed E-state index contributed by atoms with van der Waals surface area (Å²) >= 11 is 0. The van der Waals surface area contributed by atoms with Gasteiger partial charge in [-0.1, -0.05) is 0 Å². The Morgan fingerprint density at radius 3 is 2.59 bits per heavy atom. The first kappa shape index (κ1) is 19.7. The maximum Gasteiger partial charge on any atom is 0.267 e. The summed E-state index contributed by atoms with van der Waals surface area (Å²) in [5.41, 5.74) is 3.47. The van der Waals surface area contributed by atoms with Gasteiger partial charge in [-0.2, -0.15) is 5.10 Å². The molecule has 1 N–H and O–H groups in total. The van der Waals surface area contributed by atoms with Crippen molar-refractivity contribution in [2.24, 2.45) is 13.0 Å². The Balaban J connectivity index is 1.39. The lowest BCUT2D eigenvalue weighted by atomic mass is 9.94. The van der Waals surface area contributed by atoms with Crippen molar-refractivity contribution in [1.82, 2.24) is 29.5 Å². The van der Waals surface area contributed by atoms with Crippen LogP contribution in [-0.2, 0) is 20.0 Å². The van der Waals surface area contributed by atoms with Crippen molar-refractivity contribution in [3.05, 3.63) is 41.0 Å². The van der Waals surface area contributed by atoms with Crippen LogP contribution in [0.4, 0.5) is 0 Å². The summed E-state index contributed by atoms with van der Waals surface area (Å²) in [6.07, 6.45) is 3.44. The number of hydrogen-bond donors (Lipinski definition) is 1. The number of amides is 2. The zero-order valence-electron chi connectivity index (χ0n) is 17.5. The first-order chi connectivity index (χ1) is 13.9. The molecular weight excluding hydrogens is 368 g/mol. The first-order valence-electron chi connectivity index (χ1n) is 10.4. The van der Waals surface area contributed by atoms with Gasteiger partial charge in [0, 0.05) is 52.0 Å². The fourth-order valence-corrected chi connectivity index (χ4v) is 4.20. The predicted octanol–water partition coefficient (Wildman–Crippen LogP) is 0.910. The molecule has 1 saturated heterocycles. The maximum atomic E-state index is 13.0. The van der Waals surface area contributed by atoms with Crippen LogP contribution in [0.3, 0.4) is 0 Å². The second-order valence-corrected chi connectivity index (χ2v) is 8.31. The van der Waals surface area contributed by atoms with Crippen molar-refractivity contribution in [3.8, 4) is 0 Å². The van der Waals surface area contributed by atoms with E-state index in [0.717, 1.165) is 62.5 Å². The zero-order valence-corrected chi connectivity index (χ0v) is 17.5. The lowest BCUT2D eigenvalue weighted by Crippen LogP contribution is -2.47. The average molecular weight is 399 g/mol. The van der Waals surface area contributed by atoms with Crippen molar-refractivity contribution in [1.29, 1.82) is 0 Å². The van der Waals surface area contributed by atoms with Crippen LogP contribution in [0.25, 0.3) is 0 Å². The topological polar surface area (TPSA) is 75.4 Å². The van der Waals surface area contributed by atoms with Gasteiger partial charge in [-0.25, -0.2) is 0 Å². The highest BCUT2D eigenvalue weighted by atomic mass is 16.2. The summed E-state index contributed by atoms with van der Waals surface area (Å²) in [5.74, 6) is 0.347. The van der Waals surface area contributed by atoms with Gasteiger partial charge < -0.3 is 19.7 Å². The number of likely N-dealkylation sites (N-methyl/N-ethyl adjacent to an activating group) is 1. The molecule has 4 rings (SSSR count). The molecular formula is C21H30N6O2. The molecule has 29 heavy (non-hydrogen) atoms. The zero-order chi connectivity index (χ0) is 20.5. The summed E-state index contributed by atoms with van der Waals surface area (Å²) in [5, 5.41) is 7.52. The fourth-order valence-electron chi connectivity index (χ4n) is 4.20. The molecule has 1 unspecified atom stereocenters. The van der Waals surface area contributed by atoms with E-state index in [-0.39, 0.29) is 11.8 Å². The van der Waals surface area contributed by atoms with E-state index in [9.17, 15) is 9.59 Å². The second kappa shape index (κ2) is 8.02. The summed E-state index contributed by atoms with van der Waals surface area (Å²) in [7, 11) is 3.99. The number of aromatic nitrogens is 3. The summed E-state index contributed by atoms with van der Waals surface area (Å²) in [4.78, 5) is 29.7. The molecule has 2 amide bonds. The highest BCUT2D eigenvalue weighted by Crippen LogP contribution is 2.24. The number of aryl methyl sites for hydroxylation is 2. The Labute approximate surface area is 171 Å². The molecule has 0 aliphatic carbocycles. The van der Waals surface area contributed by atoms with Gasteiger partial charge >= 0.3 is 0 Å². The number of carbonyl (C=O) groups is 2. The van der Waals surface area contributed by atoms with E-state index < -0.39 is 0 Å². The predicted molar refractivity (Wildman–Crippen MR) is 110 cm³/mol. The number of nitrogens with one attached hydrogen (secondary N) is 1. The van der Waals surface area contributed by atoms with E-state index in [1.807, 2.05) is 40.3 Å². The monoisotopic (exact) mass is 398 g/mol. The van der Waals surface area contributed by atoms with Gasteiger partial charge in [-0.3, -0.25) is 14.3 Å². The molecule has 1 atom stereocenters. The SMILES string of the molecule is Cc1ccc(C(=O)NCC2CCn3ncc(C(=O)N4CCN(C)CC4)c3C2)n1C. The molecule has 8 nitrogen and oxygen atoms in total. The molecule has 0 saturated carbocycles. The molecule has 0 aromatic carbocycles. The fraction of sp³-hybridized carbons (Fsp3) is 0.571. The number of rotatable bonds is 4. The molecule has 0 spiro atoms. The van der Waals surface area contributed by atoms with Crippen LogP contribution in [0.1, 0.15) is 38.7 Å². The van der Waals surface area contributed by atoms with Crippen LogP contribution in [0.2, 0.25) is 0 Å². The lowest BCUT2D eigenvalue weighted by Gasteiger charge is -2.32. The van der Waals surface area contributed by atoms with Crippen LogP contribution < -0.4 is 5.32 Å². The minimum Gasteiger partial charge on any atom is -0.350 e. The maximum absolute atomic E-state index is 13.0. The smallest absolute Gasteiger partial charge is 0.267 e. The summed E-state index contributed by atoms with van der Waals surface area (Å²) in [6.45, 7) is 6.71. The van der Waals surface area contributed by atoms with Gasteiger partial charge in [0.05, 0.1) is 17.5 Å². The molecule has 4 heterocycles. The third kappa shape index (κ3) is 3.94. The molecule has 2 aliphatic rings. The second-order valence-electron chi connectivity index (χ2n) is 8.31. The Hall–Kier alpha value is -2.61. The van der Waals surface area contributed by atoms with Gasteiger partial charge in [-0.15, -0.1) is 0 Å². The third-order valence-electron chi connectivity index (χ3n) is 6.36. The largest absolute Gasteiger partial charge is 0.350 e. The van der Waals surface area contributed by atoms with E-state index in [1.54, 1.807) is 6.20 Å². The summed E-state index contributed by atoms with van der Waals surface area (Å²) < 4.78 is 3.86. The van der Waals surface area contributed by atoms with Crippen molar-refractivity contribution in [2.75, 3.05) is 39.8 Å². The van der Waals surface area contributed by atoms with Crippen molar-refractivity contribution >= 4 is 11.8 Å². The van der Waals surface area contributed by atoms with Gasteiger partial charge in [0.1, 0.15) is 5.69 Å². The minimum atomic E-state index is -0.0478.